The van der Waals surface area contributed by atoms with Gasteiger partial charge in [0, 0.05) is 6.54 Å². The predicted molar refractivity (Wildman–Crippen MR) is 103 cm³/mol. The Bertz CT molecular complexity index is 683. The number of hydrogen-bond donors (Lipinski definition) is 3. The first-order valence-electron chi connectivity index (χ1n) is 9.69. The van der Waals surface area contributed by atoms with E-state index in [4.69, 9.17) is 4.74 Å². The topological polar surface area (TPSA) is 105 Å². The van der Waals surface area contributed by atoms with Crippen LogP contribution in [-0.4, -0.2) is 54.4 Å². The van der Waals surface area contributed by atoms with Crippen LogP contribution in [0.1, 0.15) is 38.2 Å². The molecule has 0 aliphatic heterocycles. The Morgan fingerprint density at radius 1 is 1.07 bits per heavy atom. The molecule has 1 aromatic carbocycles. The summed E-state index contributed by atoms with van der Waals surface area (Å²) in [5.74, 6) is -3.76. The van der Waals surface area contributed by atoms with E-state index < -0.39 is 36.1 Å². The van der Waals surface area contributed by atoms with Crippen LogP contribution in [0.25, 0.3) is 0 Å². The first-order valence-corrected chi connectivity index (χ1v) is 9.69. The summed E-state index contributed by atoms with van der Waals surface area (Å²) in [7, 11) is 0. The molecule has 1 rings (SSSR count). The van der Waals surface area contributed by atoms with Crippen LogP contribution in [0.4, 0.5) is 13.2 Å². The van der Waals surface area contributed by atoms with Crippen molar-refractivity contribution in [2.24, 2.45) is 0 Å². The minimum absolute atomic E-state index is 0.0818. The van der Waals surface area contributed by atoms with Crippen LogP contribution in [0, 0.1) is 0 Å². The predicted octanol–water partition coefficient (Wildman–Crippen LogP) is 2.44. The highest BCUT2D eigenvalue weighted by Crippen LogP contribution is 2.14. The number of aryl methyl sites for hydroxylation is 1. The van der Waals surface area contributed by atoms with Crippen molar-refractivity contribution in [3.63, 3.8) is 0 Å². The average molecular weight is 432 g/mol. The second kappa shape index (κ2) is 12.8. The molecule has 0 heterocycles. The number of carbonyl (C=O) groups is 3. The second-order valence-electron chi connectivity index (χ2n) is 6.64. The number of alkyl halides is 3. The Morgan fingerprint density at radius 2 is 1.73 bits per heavy atom. The number of benzene rings is 1. The summed E-state index contributed by atoms with van der Waals surface area (Å²) < 4.78 is 41.4. The van der Waals surface area contributed by atoms with E-state index in [-0.39, 0.29) is 32.4 Å². The minimum atomic E-state index is -4.95. The van der Waals surface area contributed by atoms with Crippen molar-refractivity contribution in [2.45, 2.75) is 57.3 Å². The molecule has 30 heavy (non-hydrogen) atoms. The monoisotopic (exact) mass is 432 g/mol. The average Bonchev–Trinajstić information content (AvgIpc) is 2.69. The molecule has 0 spiro atoms. The van der Waals surface area contributed by atoms with E-state index >= 15 is 0 Å². The van der Waals surface area contributed by atoms with Gasteiger partial charge in [-0.15, -0.1) is 0 Å². The lowest BCUT2D eigenvalue weighted by atomic mass is 10.0. The maximum atomic E-state index is 12.2. The molecule has 168 valence electrons. The Kier molecular flexibility index (Phi) is 10.9. The first-order chi connectivity index (χ1) is 14.1. The third-order valence-electron chi connectivity index (χ3n) is 4.30. The van der Waals surface area contributed by atoms with E-state index in [1.54, 1.807) is 12.2 Å². The van der Waals surface area contributed by atoms with Gasteiger partial charge in [0.15, 0.2) is 0 Å². The fourth-order valence-electron chi connectivity index (χ4n) is 2.76. The van der Waals surface area contributed by atoms with Crippen LogP contribution in [0.2, 0.25) is 0 Å². The van der Waals surface area contributed by atoms with Gasteiger partial charge in [0.1, 0.15) is 12.1 Å². The van der Waals surface area contributed by atoms with Crippen molar-refractivity contribution in [1.82, 2.24) is 10.6 Å². The number of aliphatic carboxylic acids is 1. The minimum Gasteiger partial charge on any atom is -0.480 e. The SMILES string of the molecule is CCOC(=O)[C@H](CCc1ccccc1)N[C@H](CCCCNC(=O)C(F)(F)F)C(=O)O. The van der Waals surface area contributed by atoms with Crippen molar-refractivity contribution in [2.75, 3.05) is 13.2 Å². The number of halogens is 3. The van der Waals surface area contributed by atoms with Gasteiger partial charge in [0.25, 0.3) is 0 Å². The zero-order valence-electron chi connectivity index (χ0n) is 16.7. The van der Waals surface area contributed by atoms with E-state index in [9.17, 15) is 32.7 Å². The molecule has 10 heteroatoms. The van der Waals surface area contributed by atoms with Crippen molar-refractivity contribution in [3.8, 4) is 0 Å². The fraction of sp³-hybridized carbons (Fsp3) is 0.550. The normalized spacial score (nSPS) is 13.3. The van der Waals surface area contributed by atoms with Crippen LogP contribution >= 0.6 is 0 Å². The van der Waals surface area contributed by atoms with Gasteiger partial charge in [0.05, 0.1) is 6.61 Å². The highest BCUT2D eigenvalue weighted by atomic mass is 19.4. The van der Waals surface area contributed by atoms with Crippen LogP contribution in [-0.2, 0) is 25.5 Å². The van der Waals surface area contributed by atoms with E-state index in [0.717, 1.165) is 5.56 Å². The van der Waals surface area contributed by atoms with E-state index in [1.165, 1.54) is 0 Å². The summed E-state index contributed by atoms with van der Waals surface area (Å²) in [5, 5.41) is 14.0. The summed E-state index contributed by atoms with van der Waals surface area (Å²) in [6.07, 6.45) is -3.59. The number of hydrogen-bond acceptors (Lipinski definition) is 5. The molecular weight excluding hydrogens is 405 g/mol. The smallest absolute Gasteiger partial charge is 0.471 e. The number of rotatable bonds is 13. The van der Waals surface area contributed by atoms with Gasteiger partial charge in [-0.2, -0.15) is 13.2 Å². The number of unbranched alkanes of at least 4 members (excludes halogenated alkanes) is 1. The molecule has 1 aromatic rings. The molecule has 0 aromatic heterocycles. The van der Waals surface area contributed by atoms with E-state index in [0.29, 0.717) is 12.8 Å². The second-order valence-corrected chi connectivity index (χ2v) is 6.64. The Balaban J connectivity index is 2.57. The zero-order chi connectivity index (χ0) is 22.6. The number of carbonyl (C=O) groups excluding carboxylic acids is 2. The quantitative estimate of drug-likeness (QED) is 0.327. The van der Waals surface area contributed by atoms with E-state index in [2.05, 4.69) is 5.32 Å². The zero-order valence-corrected chi connectivity index (χ0v) is 16.7. The number of nitrogens with one attached hydrogen (secondary N) is 2. The molecule has 0 unspecified atom stereocenters. The Morgan fingerprint density at radius 3 is 2.30 bits per heavy atom. The Labute approximate surface area is 173 Å². The molecule has 0 radical (unpaired) electrons. The highest BCUT2D eigenvalue weighted by molar-refractivity contribution is 5.81. The van der Waals surface area contributed by atoms with Crippen molar-refractivity contribution < 1.29 is 37.4 Å². The van der Waals surface area contributed by atoms with Crippen molar-refractivity contribution in [1.29, 1.82) is 0 Å². The maximum Gasteiger partial charge on any atom is 0.471 e. The number of amides is 1. The standard InChI is InChI=1S/C20H27F3N2O5/c1-2-30-18(28)16(12-11-14-8-4-3-5-9-14)25-15(17(26)27)10-6-7-13-24-19(29)20(21,22)23/h3-5,8-9,15-16,25H,2,6-7,10-13H2,1H3,(H,24,29)(H,26,27)/t15-,16+/m1/s1. The fourth-order valence-corrected chi connectivity index (χ4v) is 2.76. The molecule has 0 fully saturated rings. The van der Waals surface area contributed by atoms with Gasteiger partial charge in [-0.3, -0.25) is 19.7 Å². The first kappa shape index (κ1) is 25.4. The molecule has 1 amide bonds. The number of carboxylic acid groups (broad SMARTS) is 1. The molecule has 0 bridgehead atoms. The van der Waals surface area contributed by atoms with Gasteiger partial charge in [-0.05, 0) is 44.6 Å². The molecule has 7 nitrogen and oxygen atoms in total. The van der Waals surface area contributed by atoms with Gasteiger partial charge >= 0.3 is 24.0 Å². The molecular formula is C20H27F3N2O5. The molecule has 3 N–H and O–H groups in total. The maximum absolute atomic E-state index is 12.2. The summed E-state index contributed by atoms with van der Waals surface area (Å²) in [4.78, 5) is 34.5. The van der Waals surface area contributed by atoms with Crippen LogP contribution in [0.3, 0.4) is 0 Å². The lowest BCUT2D eigenvalue weighted by Crippen LogP contribution is -2.48. The van der Waals surface area contributed by atoms with Gasteiger partial charge in [-0.25, -0.2) is 0 Å². The highest BCUT2D eigenvalue weighted by Gasteiger charge is 2.38. The lowest BCUT2D eigenvalue weighted by Gasteiger charge is -2.22. The third kappa shape index (κ3) is 9.73. The van der Waals surface area contributed by atoms with Crippen LogP contribution in [0.5, 0.6) is 0 Å². The molecule has 2 atom stereocenters. The summed E-state index contributed by atoms with van der Waals surface area (Å²) in [6.45, 7) is 1.58. The third-order valence-corrected chi connectivity index (χ3v) is 4.30. The largest absolute Gasteiger partial charge is 0.480 e. The van der Waals surface area contributed by atoms with Crippen molar-refractivity contribution >= 4 is 17.8 Å². The van der Waals surface area contributed by atoms with Crippen molar-refractivity contribution in [3.05, 3.63) is 35.9 Å². The van der Waals surface area contributed by atoms with Gasteiger partial charge in [-0.1, -0.05) is 30.3 Å². The molecule has 0 aliphatic rings. The number of ether oxygens (including phenoxy) is 1. The van der Waals surface area contributed by atoms with E-state index in [1.807, 2.05) is 30.3 Å². The number of carboxylic acids is 1. The Hall–Kier alpha value is -2.62. The van der Waals surface area contributed by atoms with Gasteiger partial charge in [0.2, 0.25) is 0 Å². The number of esters is 1. The summed E-state index contributed by atoms with van der Waals surface area (Å²) in [6, 6.07) is 7.46. The van der Waals surface area contributed by atoms with Gasteiger partial charge < -0.3 is 15.2 Å². The molecule has 0 saturated carbocycles. The summed E-state index contributed by atoms with van der Waals surface area (Å²) >= 11 is 0. The summed E-state index contributed by atoms with van der Waals surface area (Å²) in [5.41, 5.74) is 0.987. The van der Waals surface area contributed by atoms with Crippen LogP contribution < -0.4 is 10.6 Å². The molecule has 0 aliphatic carbocycles. The van der Waals surface area contributed by atoms with Crippen LogP contribution in [0.15, 0.2) is 30.3 Å². The lowest BCUT2D eigenvalue weighted by molar-refractivity contribution is -0.173. The molecule has 0 saturated heterocycles.